The summed E-state index contributed by atoms with van der Waals surface area (Å²) in [5, 5.41) is 4.87. The molecule has 5 nitrogen and oxygen atoms in total. The maximum atomic E-state index is 12.8. The van der Waals surface area contributed by atoms with Crippen LogP contribution in [0.15, 0.2) is 59.5 Å². The van der Waals surface area contributed by atoms with Gasteiger partial charge in [-0.1, -0.05) is 30.3 Å². The third-order valence-corrected chi connectivity index (χ3v) is 9.93. The molecule has 1 aliphatic rings. The molecule has 170 valence electrons. The first kappa shape index (κ1) is 22.3. The SMILES string of the molecule is O=C(CCCS(=O)(=O)c1ccccc1)Nc1sc2c(c1-c1nc3ccccc3s1)CCCC2. The number of fused-ring (bicyclic) bond motifs is 2. The summed E-state index contributed by atoms with van der Waals surface area (Å²) in [4.78, 5) is 19.3. The molecule has 0 fully saturated rings. The largest absolute Gasteiger partial charge is 0.317 e. The standard InChI is InChI=1S/C25H24N2O3S3/c28-22(15-8-16-33(29,30)17-9-2-1-3-10-17)27-25-23(18-11-4-6-13-20(18)31-25)24-26-19-12-5-7-14-21(19)32-24/h1-3,5,7,9-10,12,14H,4,6,8,11,13,15-16H2,(H,27,28). The molecule has 5 rings (SSSR count). The molecule has 1 N–H and O–H groups in total. The quantitative estimate of drug-likeness (QED) is 0.336. The highest BCUT2D eigenvalue weighted by molar-refractivity contribution is 7.91. The number of carbonyl (C=O) groups is 1. The van der Waals surface area contributed by atoms with Gasteiger partial charge in [0, 0.05) is 16.9 Å². The van der Waals surface area contributed by atoms with E-state index in [1.807, 2.05) is 18.2 Å². The lowest BCUT2D eigenvalue weighted by Gasteiger charge is -2.11. The van der Waals surface area contributed by atoms with Gasteiger partial charge in [0.05, 0.1) is 20.9 Å². The van der Waals surface area contributed by atoms with E-state index >= 15 is 0 Å². The van der Waals surface area contributed by atoms with Crippen LogP contribution in [0.3, 0.4) is 0 Å². The second kappa shape index (κ2) is 9.37. The van der Waals surface area contributed by atoms with Crippen LogP contribution in [0.25, 0.3) is 20.8 Å². The van der Waals surface area contributed by atoms with Crippen molar-refractivity contribution < 1.29 is 13.2 Å². The number of sulfone groups is 1. The molecule has 0 aliphatic heterocycles. The molecule has 2 aromatic carbocycles. The number of benzene rings is 2. The van der Waals surface area contributed by atoms with E-state index in [1.165, 1.54) is 10.4 Å². The predicted molar refractivity (Wildman–Crippen MR) is 136 cm³/mol. The van der Waals surface area contributed by atoms with Gasteiger partial charge in [0.25, 0.3) is 0 Å². The number of hydrogen-bond acceptors (Lipinski definition) is 6. The lowest BCUT2D eigenvalue weighted by atomic mass is 9.96. The topological polar surface area (TPSA) is 76.1 Å². The number of amides is 1. The number of hydrogen-bond donors (Lipinski definition) is 1. The van der Waals surface area contributed by atoms with Crippen LogP contribution in [0.5, 0.6) is 0 Å². The number of anilines is 1. The molecule has 0 spiro atoms. The van der Waals surface area contributed by atoms with Crippen molar-refractivity contribution in [1.29, 1.82) is 0 Å². The van der Waals surface area contributed by atoms with Crippen LogP contribution in [0, 0.1) is 0 Å². The van der Waals surface area contributed by atoms with Crippen molar-refractivity contribution in [2.45, 2.75) is 43.4 Å². The van der Waals surface area contributed by atoms with E-state index in [0.29, 0.717) is 4.90 Å². The molecule has 1 aliphatic carbocycles. The van der Waals surface area contributed by atoms with Crippen LogP contribution >= 0.6 is 22.7 Å². The number of nitrogens with zero attached hydrogens (tertiary/aromatic N) is 1. The van der Waals surface area contributed by atoms with E-state index < -0.39 is 9.84 Å². The lowest BCUT2D eigenvalue weighted by Crippen LogP contribution is -2.14. The number of carbonyl (C=O) groups excluding carboxylic acids is 1. The van der Waals surface area contributed by atoms with Crippen LogP contribution in [-0.2, 0) is 27.5 Å². The van der Waals surface area contributed by atoms with Crippen molar-refractivity contribution in [2.75, 3.05) is 11.1 Å². The zero-order valence-corrected chi connectivity index (χ0v) is 20.5. The molecule has 0 radical (unpaired) electrons. The van der Waals surface area contributed by atoms with Gasteiger partial charge in [-0.15, -0.1) is 22.7 Å². The monoisotopic (exact) mass is 496 g/mol. The summed E-state index contributed by atoms with van der Waals surface area (Å²) in [5.41, 5.74) is 3.34. The molecule has 0 atom stereocenters. The maximum absolute atomic E-state index is 12.8. The summed E-state index contributed by atoms with van der Waals surface area (Å²) in [5.74, 6) is -0.199. The van der Waals surface area contributed by atoms with Gasteiger partial charge in [-0.25, -0.2) is 13.4 Å². The van der Waals surface area contributed by atoms with E-state index in [0.717, 1.165) is 51.5 Å². The van der Waals surface area contributed by atoms with Gasteiger partial charge < -0.3 is 5.32 Å². The molecular formula is C25H24N2O3S3. The van der Waals surface area contributed by atoms with Gasteiger partial charge in [0.2, 0.25) is 5.91 Å². The molecule has 33 heavy (non-hydrogen) atoms. The lowest BCUT2D eigenvalue weighted by molar-refractivity contribution is -0.116. The molecular weight excluding hydrogens is 472 g/mol. The Labute approximate surface area is 201 Å². The average Bonchev–Trinajstić information content (AvgIpc) is 3.40. The first-order chi connectivity index (χ1) is 16.0. The van der Waals surface area contributed by atoms with Crippen LogP contribution < -0.4 is 5.32 Å². The molecule has 0 saturated heterocycles. The minimum atomic E-state index is -3.38. The van der Waals surface area contributed by atoms with Crippen LogP contribution in [0.4, 0.5) is 5.00 Å². The zero-order valence-electron chi connectivity index (χ0n) is 18.0. The Balaban J connectivity index is 1.34. The maximum Gasteiger partial charge on any atom is 0.225 e. The number of thiazole rings is 1. The first-order valence-corrected chi connectivity index (χ1v) is 14.4. The van der Waals surface area contributed by atoms with E-state index in [9.17, 15) is 13.2 Å². The van der Waals surface area contributed by atoms with Crippen molar-refractivity contribution in [3.8, 4) is 10.6 Å². The fraction of sp³-hybridized carbons (Fsp3) is 0.280. The molecule has 2 aromatic heterocycles. The second-order valence-electron chi connectivity index (χ2n) is 8.19. The molecule has 0 unspecified atom stereocenters. The normalized spacial score (nSPS) is 13.7. The number of rotatable bonds is 7. The van der Waals surface area contributed by atoms with Crippen molar-refractivity contribution in [1.82, 2.24) is 4.98 Å². The number of para-hydroxylation sites is 1. The van der Waals surface area contributed by atoms with Gasteiger partial charge in [0.15, 0.2) is 9.84 Å². The molecule has 2 heterocycles. The van der Waals surface area contributed by atoms with Gasteiger partial charge in [-0.05, 0) is 61.9 Å². The summed E-state index contributed by atoms with van der Waals surface area (Å²) in [6, 6.07) is 16.5. The van der Waals surface area contributed by atoms with E-state index in [1.54, 1.807) is 53.0 Å². The average molecular weight is 497 g/mol. The summed E-state index contributed by atoms with van der Waals surface area (Å²) >= 11 is 3.30. The second-order valence-corrected chi connectivity index (χ2v) is 12.4. The first-order valence-electron chi connectivity index (χ1n) is 11.1. The molecule has 1 amide bonds. The number of thiophene rings is 1. The van der Waals surface area contributed by atoms with Crippen molar-refractivity contribution >= 4 is 53.6 Å². The Morgan fingerprint density at radius 3 is 2.55 bits per heavy atom. The fourth-order valence-electron chi connectivity index (χ4n) is 4.22. The van der Waals surface area contributed by atoms with E-state index in [-0.39, 0.29) is 24.5 Å². The van der Waals surface area contributed by atoms with Crippen LogP contribution in [0.2, 0.25) is 0 Å². The minimum absolute atomic E-state index is 0.0455. The summed E-state index contributed by atoms with van der Waals surface area (Å²) in [6.07, 6.45) is 4.79. The summed E-state index contributed by atoms with van der Waals surface area (Å²) < 4.78 is 26.1. The summed E-state index contributed by atoms with van der Waals surface area (Å²) in [7, 11) is -3.38. The van der Waals surface area contributed by atoms with Crippen molar-refractivity contribution in [2.24, 2.45) is 0 Å². The third-order valence-electron chi connectivity index (χ3n) is 5.85. The highest BCUT2D eigenvalue weighted by atomic mass is 32.2. The van der Waals surface area contributed by atoms with Crippen LogP contribution in [-0.4, -0.2) is 25.1 Å². The van der Waals surface area contributed by atoms with E-state index in [2.05, 4.69) is 11.4 Å². The van der Waals surface area contributed by atoms with Gasteiger partial charge >= 0.3 is 0 Å². The van der Waals surface area contributed by atoms with Gasteiger partial charge in [-0.3, -0.25) is 4.79 Å². The Morgan fingerprint density at radius 2 is 1.73 bits per heavy atom. The Hall–Kier alpha value is -2.55. The number of nitrogens with one attached hydrogen (secondary N) is 1. The Morgan fingerprint density at radius 1 is 0.970 bits per heavy atom. The van der Waals surface area contributed by atoms with Crippen molar-refractivity contribution in [3.63, 3.8) is 0 Å². The smallest absolute Gasteiger partial charge is 0.225 e. The fourth-order valence-corrected chi connectivity index (χ4v) is 7.96. The molecule has 4 aromatic rings. The van der Waals surface area contributed by atoms with Crippen LogP contribution in [0.1, 0.15) is 36.1 Å². The predicted octanol–water partition coefficient (Wildman–Crippen LogP) is 6.10. The molecule has 0 bridgehead atoms. The minimum Gasteiger partial charge on any atom is -0.317 e. The van der Waals surface area contributed by atoms with E-state index in [4.69, 9.17) is 4.98 Å². The van der Waals surface area contributed by atoms with Gasteiger partial charge in [0.1, 0.15) is 10.0 Å². The molecule has 8 heteroatoms. The molecule has 0 saturated carbocycles. The summed E-state index contributed by atoms with van der Waals surface area (Å²) in [6.45, 7) is 0. The van der Waals surface area contributed by atoms with Crippen molar-refractivity contribution in [3.05, 3.63) is 65.0 Å². The Kier molecular flexibility index (Phi) is 6.32. The highest BCUT2D eigenvalue weighted by Crippen LogP contribution is 2.46. The number of aromatic nitrogens is 1. The zero-order chi connectivity index (χ0) is 22.8. The Bertz CT molecular complexity index is 1370. The third kappa shape index (κ3) is 4.74. The van der Waals surface area contributed by atoms with Gasteiger partial charge in [-0.2, -0.15) is 0 Å². The highest BCUT2D eigenvalue weighted by Gasteiger charge is 2.25. The number of aryl methyl sites for hydroxylation is 1.